The number of hydrogen-bond acceptors (Lipinski definition) is 4. The molecule has 0 bridgehead atoms. The van der Waals surface area contributed by atoms with Gasteiger partial charge in [-0.2, -0.15) is 0 Å². The SMILES string of the molecule is Cc1ccc(S(=O)(=O)N(CC(=O)NCc2cccc(CN3CCCCC3)c2)c2ccc(C)c(C)c2)cc1. The van der Waals surface area contributed by atoms with Gasteiger partial charge in [-0.15, -0.1) is 0 Å². The van der Waals surface area contributed by atoms with Crippen molar-refractivity contribution in [1.29, 1.82) is 0 Å². The summed E-state index contributed by atoms with van der Waals surface area (Å²) in [4.78, 5) is 15.7. The second-order valence-electron chi connectivity index (χ2n) is 10.0. The fraction of sp³-hybridized carbons (Fsp3) is 0.367. The van der Waals surface area contributed by atoms with Gasteiger partial charge in [0.05, 0.1) is 10.6 Å². The maximum absolute atomic E-state index is 13.6. The summed E-state index contributed by atoms with van der Waals surface area (Å²) in [5, 5.41) is 2.93. The van der Waals surface area contributed by atoms with E-state index in [2.05, 4.69) is 22.3 Å². The Kier molecular flexibility index (Phi) is 8.67. The number of hydrogen-bond donors (Lipinski definition) is 1. The zero-order chi connectivity index (χ0) is 26.4. The molecule has 196 valence electrons. The number of nitrogens with zero attached hydrogens (tertiary/aromatic N) is 2. The molecule has 1 fully saturated rings. The zero-order valence-electron chi connectivity index (χ0n) is 22.0. The van der Waals surface area contributed by atoms with Crippen molar-refractivity contribution in [2.24, 2.45) is 0 Å². The van der Waals surface area contributed by atoms with Crippen molar-refractivity contribution < 1.29 is 13.2 Å². The first-order chi connectivity index (χ1) is 17.7. The monoisotopic (exact) mass is 519 g/mol. The Morgan fingerprint density at radius 1 is 0.865 bits per heavy atom. The number of piperidine rings is 1. The Hall–Kier alpha value is -3.16. The van der Waals surface area contributed by atoms with E-state index < -0.39 is 10.0 Å². The standard InChI is InChI=1S/C30H37N3O3S/c1-23-10-14-29(15-11-23)37(35,36)33(28-13-12-24(2)25(3)18-28)22-30(34)31-20-26-8-7-9-27(19-26)21-32-16-5-4-6-17-32/h7-15,18-19H,4-6,16-17,20-22H2,1-3H3,(H,31,34). The molecule has 1 aliphatic heterocycles. The topological polar surface area (TPSA) is 69.7 Å². The minimum atomic E-state index is -3.93. The quantitative estimate of drug-likeness (QED) is 0.427. The number of anilines is 1. The molecule has 0 unspecified atom stereocenters. The lowest BCUT2D eigenvalue weighted by Gasteiger charge is -2.26. The van der Waals surface area contributed by atoms with E-state index in [1.807, 2.05) is 45.0 Å². The predicted octanol–water partition coefficient (Wildman–Crippen LogP) is 5.11. The van der Waals surface area contributed by atoms with Crippen molar-refractivity contribution in [3.8, 4) is 0 Å². The molecule has 1 heterocycles. The maximum Gasteiger partial charge on any atom is 0.264 e. The molecule has 1 saturated heterocycles. The van der Waals surface area contributed by atoms with E-state index in [1.54, 1.807) is 30.3 Å². The third-order valence-electron chi connectivity index (χ3n) is 7.01. The molecule has 7 heteroatoms. The highest BCUT2D eigenvalue weighted by molar-refractivity contribution is 7.92. The number of carbonyl (C=O) groups is 1. The molecule has 1 N–H and O–H groups in total. The van der Waals surface area contributed by atoms with E-state index in [0.29, 0.717) is 12.2 Å². The molecule has 0 atom stereocenters. The fourth-order valence-electron chi connectivity index (χ4n) is 4.63. The number of nitrogens with one attached hydrogen (secondary N) is 1. The molecule has 1 amide bonds. The van der Waals surface area contributed by atoms with Crippen LogP contribution in [0.15, 0.2) is 71.6 Å². The average molecular weight is 520 g/mol. The van der Waals surface area contributed by atoms with Crippen molar-refractivity contribution in [2.75, 3.05) is 23.9 Å². The molecular formula is C30H37N3O3S. The third-order valence-corrected chi connectivity index (χ3v) is 8.80. The largest absolute Gasteiger partial charge is 0.350 e. The highest BCUT2D eigenvalue weighted by Gasteiger charge is 2.27. The van der Waals surface area contributed by atoms with E-state index in [-0.39, 0.29) is 17.3 Å². The molecule has 6 nitrogen and oxygen atoms in total. The first-order valence-corrected chi connectivity index (χ1v) is 14.4. The van der Waals surface area contributed by atoms with E-state index in [1.165, 1.54) is 29.1 Å². The van der Waals surface area contributed by atoms with Gasteiger partial charge in [-0.1, -0.05) is 54.4 Å². The number of likely N-dealkylation sites (tertiary alicyclic amines) is 1. The lowest BCUT2D eigenvalue weighted by Crippen LogP contribution is -2.40. The van der Waals surface area contributed by atoms with Crippen LogP contribution in [0.25, 0.3) is 0 Å². The van der Waals surface area contributed by atoms with E-state index in [0.717, 1.165) is 41.9 Å². The Labute approximate surface area is 221 Å². The second-order valence-corrected chi connectivity index (χ2v) is 11.9. The molecule has 0 aliphatic carbocycles. The Bertz CT molecular complexity index is 1330. The van der Waals surface area contributed by atoms with Gasteiger partial charge < -0.3 is 5.32 Å². The number of rotatable bonds is 9. The van der Waals surface area contributed by atoms with Gasteiger partial charge in [0.1, 0.15) is 6.54 Å². The van der Waals surface area contributed by atoms with Gasteiger partial charge in [-0.25, -0.2) is 8.42 Å². The lowest BCUT2D eigenvalue weighted by atomic mass is 10.1. The van der Waals surface area contributed by atoms with Crippen LogP contribution >= 0.6 is 0 Å². The normalized spacial score (nSPS) is 14.4. The molecule has 0 spiro atoms. The van der Waals surface area contributed by atoms with Gasteiger partial charge in [0.2, 0.25) is 5.91 Å². The van der Waals surface area contributed by atoms with Crippen LogP contribution in [-0.2, 0) is 27.9 Å². The van der Waals surface area contributed by atoms with Crippen LogP contribution < -0.4 is 9.62 Å². The molecule has 4 rings (SSSR count). The van der Waals surface area contributed by atoms with E-state index in [4.69, 9.17) is 0 Å². The number of aryl methyl sites for hydroxylation is 3. The minimum absolute atomic E-state index is 0.162. The van der Waals surface area contributed by atoms with Crippen molar-refractivity contribution in [1.82, 2.24) is 10.2 Å². The summed E-state index contributed by atoms with van der Waals surface area (Å²) in [6.07, 6.45) is 3.80. The van der Waals surface area contributed by atoms with Crippen molar-refractivity contribution in [3.05, 3.63) is 94.5 Å². The highest BCUT2D eigenvalue weighted by Crippen LogP contribution is 2.26. The Balaban J connectivity index is 1.49. The van der Waals surface area contributed by atoms with Gasteiger partial charge in [0.15, 0.2) is 0 Å². The van der Waals surface area contributed by atoms with Crippen LogP contribution in [0.5, 0.6) is 0 Å². The highest BCUT2D eigenvalue weighted by atomic mass is 32.2. The summed E-state index contributed by atoms with van der Waals surface area (Å²) in [7, 11) is -3.93. The van der Waals surface area contributed by atoms with E-state index in [9.17, 15) is 13.2 Å². The van der Waals surface area contributed by atoms with Gasteiger partial charge in [-0.3, -0.25) is 14.0 Å². The number of benzene rings is 3. The van der Waals surface area contributed by atoms with Crippen molar-refractivity contribution in [3.63, 3.8) is 0 Å². The number of sulfonamides is 1. The third kappa shape index (κ3) is 6.99. The summed E-state index contributed by atoms with van der Waals surface area (Å²) < 4.78 is 28.5. The smallest absolute Gasteiger partial charge is 0.264 e. The molecule has 37 heavy (non-hydrogen) atoms. The van der Waals surface area contributed by atoms with Gasteiger partial charge >= 0.3 is 0 Å². The van der Waals surface area contributed by atoms with Crippen molar-refractivity contribution >= 4 is 21.6 Å². The summed E-state index contributed by atoms with van der Waals surface area (Å²) in [5.74, 6) is -0.352. The van der Waals surface area contributed by atoms with Crippen molar-refractivity contribution in [2.45, 2.75) is 58.0 Å². The van der Waals surface area contributed by atoms with E-state index >= 15 is 0 Å². The van der Waals surface area contributed by atoms with Crippen LogP contribution in [0.1, 0.15) is 47.1 Å². The van der Waals surface area contributed by atoms with Crippen LogP contribution in [0.3, 0.4) is 0 Å². The Morgan fingerprint density at radius 3 is 2.27 bits per heavy atom. The summed E-state index contributed by atoms with van der Waals surface area (Å²) >= 11 is 0. The number of carbonyl (C=O) groups excluding carboxylic acids is 1. The zero-order valence-corrected chi connectivity index (χ0v) is 22.9. The molecule has 0 aromatic heterocycles. The fourth-order valence-corrected chi connectivity index (χ4v) is 6.05. The van der Waals surface area contributed by atoms with Crippen LogP contribution in [0.4, 0.5) is 5.69 Å². The van der Waals surface area contributed by atoms with Crippen LogP contribution in [0, 0.1) is 20.8 Å². The molecule has 3 aromatic carbocycles. The maximum atomic E-state index is 13.6. The van der Waals surface area contributed by atoms with Crippen LogP contribution in [-0.4, -0.2) is 38.9 Å². The molecule has 0 saturated carbocycles. The van der Waals surface area contributed by atoms with Gasteiger partial charge in [0, 0.05) is 13.1 Å². The predicted molar refractivity (Wildman–Crippen MR) is 149 cm³/mol. The van der Waals surface area contributed by atoms with Crippen LogP contribution in [0.2, 0.25) is 0 Å². The van der Waals surface area contributed by atoms with Gasteiger partial charge in [0.25, 0.3) is 10.0 Å². The Morgan fingerprint density at radius 2 is 1.57 bits per heavy atom. The first-order valence-electron chi connectivity index (χ1n) is 13.0. The summed E-state index contributed by atoms with van der Waals surface area (Å²) in [5.41, 5.74) is 5.70. The average Bonchev–Trinajstić information content (AvgIpc) is 2.89. The first kappa shape index (κ1) is 26.9. The molecule has 3 aromatic rings. The van der Waals surface area contributed by atoms with Gasteiger partial charge in [-0.05, 0) is 93.2 Å². The lowest BCUT2D eigenvalue weighted by molar-refractivity contribution is -0.119. The number of amides is 1. The summed E-state index contributed by atoms with van der Waals surface area (Å²) in [6.45, 7) is 9.04. The second kappa shape index (κ2) is 11.9. The summed E-state index contributed by atoms with van der Waals surface area (Å²) in [6, 6.07) is 20.4. The molecule has 0 radical (unpaired) electrons. The molecule has 1 aliphatic rings. The molecular weight excluding hydrogens is 482 g/mol. The minimum Gasteiger partial charge on any atom is -0.350 e.